The lowest BCUT2D eigenvalue weighted by atomic mass is 10.1. The van der Waals surface area contributed by atoms with Crippen LogP contribution in [0.25, 0.3) is 22.8 Å². The second kappa shape index (κ2) is 21.5. The highest BCUT2D eigenvalue weighted by atomic mass is 35.5. The Morgan fingerprint density at radius 1 is 0.620 bits per heavy atom. The van der Waals surface area contributed by atoms with Crippen molar-refractivity contribution in [2.24, 2.45) is 25.9 Å². The number of nitrogens with two attached hydrogens (primary N) is 1. The van der Waals surface area contributed by atoms with E-state index in [0.717, 1.165) is 43.6 Å². The third kappa shape index (κ3) is 11.9. The lowest BCUT2D eigenvalue weighted by Gasteiger charge is -2.17. The molecule has 0 saturated heterocycles. The van der Waals surface area contributed by atoms with Crippen molar-refractivity contribution in [3.05, 3.63) is 137 Å². The first-order valence-electron chi connectivity index (χ1n) is 22.3. The molecule has 0 unspecified atom stereocenters. The van der Waals surface area contributed by atoms with Gasteiger partial charge in [-0.05, 0) is 93.1 Å². The number of rotatable bonds is 14. The molecule has 0 aliphatic heterocycles. The van der Waals surface area contributed by atoms with E-state index in [1.165, 1.54) is 12.3 Å². The van der Waals surface area contributed by atoms with E-state index >= 15 is 0 Å². The number of hydrogen-bond acceptors (Lipinski definition) is 16. The maximum absolute atomic E-state index is 13.6. The molecule has 0 bridgehead atoms. The van der Waals surface area contributed by atoms with E-state index < -0.39 is 0 Å². The lowest BCUT2D eigenvalue weighted by molar-refractivity contribution is 0.0960. The van der Waals surface area contributed by atoms with Gasteiger partial charge in [-0.3, -0.25) is 19.0 Å². The minimum atomic E-state index is -0.384. The number of nitrogens with one attached hydrogen (secondary N) is 3. The van der Waals surface area contributed by atoms with Crippen LogP contribution in [0.3, 0.4) is 0 Å². The number of ether oxygens (including phenoxy) is 2. The number of benzene rings is 2. The number of nitrogen functional groups attached to an aromatic ring is 1. The predicted molar refractivity (Wildman–Crippen MR) is 266 cm³/mol. The second-order valence-electron chi connectivity index (χ2n) is 16.8. The number of anilines is 7. The number of carbonyl (C=O) groups is 2. The highest BCUT2D eigenvalue weighted by molar-refractivity contribution is 6.30. The van der Waals surface area contributed by atoms with Crippen molar-refractivity contribution in [2.75, 3.05) is 35.9 Å². The number of Topliss-reactive ketones (excluding diaryl/α,β-unsaturated/α-hetero) is 2. The summed E-state index contributed by atoms with van der Waals surface area (Å²) in [7, 11) is 6.76. The highest BCUT2D eigenvalue weighted by Gasteiger charge is 2.33. The zero-order valence-electron chi connectivity index (χ0n) is 39.5. The molecular formula is C50H49ClF2N14O4. The zero-order chi connectivity index (χ0) is 50.3. The van der Waals surface area contributed by atoms with E-state index in [0.29, 0.717) is 96.3 Å². The fourth-order valence-electron chi connectivity index (χ4n) is 7.26. The fraction of sp³-hybridized carbons (Fsp3) is 0.240. The van der Waals surface area contributed by atoms with Crippen LogP contribution in [-0.2, 0) is 14.1 Å². The largest absolute Gasteiger partial charge is 0.494 e. The Labute approximate surface area is 412 Å². The molecule has 8 aromatic rings. The number of aromatic nitrogens is 10. The van der Waals surface area contributed by atoms with Crippen molar-refractivity contribution in [3.63, 3.8) is 0 Å². The first-order valence-corrected chi connectivity index (χ1v) is 22.7. The van der Waals surface area contributed by atoms with Crippen molar-refractivity contribution in [1.29, 1.82) is 0 Å². The molecule has 71 heavy (non-hydrogen) atoms. The van der Waals surface area contributed by atoms with Gasteiger partial charge in [0.05, 0.1) is 71.6 Å². The Kier molecular flexibility index (Phi) is 14.8. The van der Waals surface area contributed by atoms with E-state index in [1.54, 1.807) is 88.6 Å². The molecule has 0 atom stereocenters. The number of para-hydroxylation sites is 2. The molecule has 2 aromatic carbocycles. The van der Waals surface area contributed by atoms with Crippen LogP contribution in [0.4, 0.5) is 49.0 Å². The summed E-state index contributed by atoms with van der Waals surface area (Å²) < 4.78 is 40.6. The van der Waals surface area contributed by atoms with Gasteiger partial charge in [-0.15, -0.1) is 0 Å². The molecule has 10 rings (SSSR count). The van der Waals surface area contributed by atoms with Crippen LogP contribution in [0.5, 0.6) is 11.5 Å². The molecule has 2 aliphatic rings. The summed E-state index contributed by atoms with van der Waals surface area (Å²) in [6.07, 6.45) is 12.2. The summed E-state index contributed by atoms with van der Waals surface area (Å²) in [6, 6.07) is 17.7. The Balaban J connectivity index is 0.000000166. The number of carbonyl (C=O) groups excluding carboxylic acids is 2. The molecule has 2 aliphatic carbocycles. The Hall–Kier alpha value is -8.39. The van der Waals surface area contributed by atoms with Gasteiger partial charge in [0.2, 0.25) is 0 Å². The van der Waals surface area contributed by atoms with E-state index in [9.17, 15) is 18.4 Å². The number of methoxy groups -OCH3 is 2. The summed E-state index contributed by atoms with van der Waals surface area (Å²) in [5.74, 6) is 3.01. The molecule has 6 heterocycles. The Morgan fingerprint density at radius 3 is 1.54 bits per heavy atom. The van der Waals surface area contributed by atoms with Gasteiger partial charge >= 0.3 is 0 Å². The number of aryl methyl sites for hydroxylation is 4. The van der Waals surface area contributed by atoms with Gasteiger partial charge in [0.25, 0.3) is 0 Å². The molecule has 0 amide bonds. The maximum atomic E-state index is 13.6. The van der Waals surface area contributed by atoms with Crippen LogP contribution in [0.2, 0.25) is 5.15 Å². The van der Waals surface area contributed by atoms with Gasteiger partial charge in [0, 0.05) is 44.4 Å². The Morgan fingerprint density at radius 2 is 1.08 bits per heavy atom. The van der Waals surface area contributed by atoms with E-state index in [4.69, 9.17) is 26.8 Å². The number of halogens is 3. The molecule has 21 heteroatoms. The summed E-state index contributed by atoms with van der Waals surface area (Å²) >= 11 is 6.07. The van der Waals surface area contributed by atoms with Crippen LogP contribution in [0.15, 0.2) is 98.1 Å². The second-order valence-corrected chi connectivity index (χ2v) is 17.1. The van der Waals surface area contributed by atoms with Crippen molar-refractivity contribution >= 4 is 63.4 Å². The molecule has 0 radical (unpaired) electrons. The lowest BCUT2D eigenvalue weighted by Crippen LogP contribution is -2.09. The third-order valence-electron chi connectivity index (χ3n) is 11.2. The van der Waals surface area contributed by atoms with Gasteiger partial charge in [-0.2, -0.15) is 10.2 Å². The molecule has 0 spiro atoms. The Bertz CT molecular complexity index is 3250. The SMILES string of the molecule is COc1c(Nc2cc(Cl)ncc2C(=O)C2CC2)cccc1-c1ncn(C)n1.COc1c(Nc2cc(Nc3cc(C)c(F)cn3)ncc2C(=O)C2CC2)cccc1-c1ncn(C)n1.Cc1cc(N)ncc1F. The molecule has 2 saturated carbocycles. The third-order valence-corrected chi connectivity index (χ3v) is 11.4. The smallest absolute Gasteiger partial charge is 0.184 e. The van der Waals surface area contributed by atoms with Gasteiger partial charge < -0.3 is 31.2 Å². The number of pyridine rings is 4. The molecule has 364 valence electrons. The number of ketones is 2. The molecule has 2 fully saturated rings. The molecule has 18 nitrogen and oxygen atoms in total. The van der Waals surface area contributed by atoms with Crippen molar-refractivity contribution in [2.45, 2.75) is 39.5 Å². The summed E-state index contributed by atoms with van der Waals surface area (Å²) in [4.78, 5) is 50.3. The topological polar surface area (TPSA) is 228 Å². The standard InChI is InChI=1S/C25H24FN7O2.C19H18ClN5O2.C6H7FN2/c1-14-9-21(28-12-18(14)26)31-22-10-20(17(11-27-22)23(34)15-7-8-15)30-19-6-4-5-16(24(19)35-3)25-29-13-33(2)32-25;1-25-10-22-19(24-25)12-4-3-5-14(18(12)27-2)23-15-8-16(20)21-9-13(15)17(26)11-6-7-11;1-4-2-6(8)9-3-5(4)7/h4-6,9-13,15H,7-8H2,1-3H3,(H2,27,28,30,31);3-5,8-11H,6-7H2,1-2H3,(H,21,23);2-3H,1H3,(H2,8,9). The van der Waals surface area contributed by atoms with Crippen LogP contribution in [0, 0.1) is 37.3 Å². The molecular weight excluding hydrogens is 934 g/mol. The monoisotopic (exact) mass is 982 g/mol. The van der Waals surface area contributed by atoms with Crippen molar-refractivity contribution in [1.82, 2.24) is 49.5 Å². The quantitative estimate of drug-likeness (QED) is 0.0587. The highest BCUT2D eigenvalue weighted by Crippen LogP contribution is 2.41. The normalized spacial score (nSPS) is 12.7. The van der Waals surface area contributed by atoms with E-state index in [1.807, 2.05) is 36.4 Å². The number of hydrogen-bond donors (Lipinski definition) is 4. The van der Waals surface area contributed by atoms with Crippen LogP contribution < -0.4 is 31.2 Å². The van der Waals surface area contributed by atoms with Crippen LogP contribution in [-0.4, -0.2) is 75.3 Å². The summed E-state index contributed by atoms with van der Waals surface area (Å²) in [5, 5.41) is 18.7. The number of nitrogens with zero attached hydrogens (tertiary/aromatic N) is 10. The zero-order valence-corrected chi connectivity index (χ0v) is 40.3. The minimum absolute atomic E-state index is 0.0172. The fourth-order valence-corrected chi connectivity index (χ4v) is 7.42. The average molecular weight is 983 g/mol. The summed E-state index contributed by atoms with van der Waals surface area (Å²) in [6.45, 7) is 3.31. The van der Waals surface area contributed by atoms with Crippen molar-refractivity contribution in [3.8, 4) is 34.3 Å². The first-order chi connectivity index (χ1) is 34.2. The van der Waals surface area contributed by atoms with E-state index in [2.05, 4.69) is 56.1 Å². The average Bonchev–Trinajstić information content (AvgIpc) is 4.30. The van der Waals surface area contributed by atoms with Gasteiger partial charge in [-0.1, -0.05) is 23.7 Å². The molecule has 6 aromatic heterocycles. The van der Waals surface area contributed by atoms with Gasteiger partial charge in [-0.25, -0.2) is 38.7 Å². The molecule has 5 N–H and O–H groups in total. The minimum Gasteiger partial charge on any atom is -0.494 e. The van der Waals surface area contributed by atoms with Crippen molar-refractivity contribution < 1.29 is 27.8 Å². The first kappa shape index (κ1) is 49.0. The van der Waals surface area contributed by atoms with E-state index in [-0.39, 0.29) is 35.0 Å². The summed E-state index contributed by atoms with van der Waals surface area (Å²) in [5.41, 5.74) is 11.2. The maximum Gasteiger partial charge on any atom is 0.184 e. The van der Waals surface area contributed by atoms with Crippen LogP contribution in [0.1, 0.15) is 57.5 Å². The van der Waals surface area contributed by atoms with Crippen LogP contribution >= 0.6 is 11.6 Å². The van der Waals surface area contributed by atoms with Gasteiger partial charge in [0.1, 0.15) is 46.9 Å². The predicted octanol–water partition coefficient (Wildman–Crippen LogP) is 9.79. The van der Waals surface area contributed by atoms with Gasteiger partial charge in [0.15, 0.2) is 34.7 Å².